The average Bonchev–Trinajstić information content (AvgIpc) is 2.60. The first-order valence-corrected chi connectivity index (χ1v) is 10.0. The van der Waals surface area contributed by atoms with Crippen LogP contribution in [-0.4, -0.2) is 18.5 Å². The molecule has 2 aromatic rings. The summed E-state index contributed by atoms with van der Waals surface area (Å²) in [4.78, 5) is 3.63. The van der Waals surface area contributed by atoms with E-state index >= 15 is 0 Å². The molecule has 2 rings (SSSR count). The van der Waals surface area contributed by atoms with Crippen LogP contribution in [0.1, 0.15) is 31.9 Å². The molecule has 1 nitrogen and oxygen atoms in total. The third-order valence-electron chi connectivity index (χ3n) is 3.66. The Labute approximate surface area is 163 Å². The lowest BCUT2D eigenvalue weighted by atomic mass is 9.98. The minimum atomic E-state index is 0.0636. The second-order valence-corrected chi connectivity index (χ2v) is 8.59. The zero-order valence-corrected chi connectivity index (χ0v) is 17.1. The van der Waals surface area contributed by atoms with Crippen LogP contribution in [0.3, 0.4) is 0 Å². The van der Waals surface area contributed by atoms with E-state index in [1.54, 1.807) is 0 Å². The summed E-state index contributed by atoms with van der Waals surface area (Å²) in [6.45, 7) is 8.23. The SMILES string of the molecule is CN(C/C=C/C#CC(C)(C)C)Cc1cccc(SCc2ccccc2)c1. The Kier molecular flexibility index (Phi) is 8.04. The van der Waals surface area contributed by atoms with Crippen molar-refractivity contribution in [2.24, 2.45) is 5.41 Å². The summed E-state index contributed by atoms with van der Waals surface area (Å²) >= 11 is 1.89. The molecule has 0 aliphatic heterocycles. The van der Waals surface area contributed by atoms with Gasteiger partial charge in [0.2, 0.25) is 0 Å². The highest BCUT2D eigenvalue weighted by Crippen LogP contribution is 2.23. The summed E-state index contributed by atoms with van der Waals surface area (Å²) < 4.78 is 0. The van der Waals surface area contributed by atoms with Crippen molar-refractivity contribution in [3.63, 3.8) is 0 Å². The number of rotatable bonds is 7. The number of thioether (sulfide) groups is 1. The number of hydrogen-bond acceptors (Lipinski definition) is 2. The van der Waals surface area contributed by atoms with Crippen LogP contribution in [0.15, 0.2) is 71.6 Å². The van der Waals surface area contributed by atoms with E-state index < -0.39 is 0 Å². The van der Waals surface area contributed by atoms with Crippen LogP contribution >= 0.6 is 11.8 Å². The van der Waals surface area contributed by atoms with Gasteiger partial charge in [-0.25, -0.2) is 0 Å². The summed E-state index contributed by atoms with van der Waals surface area (Å²) in [5.74, 6) is 7.36. The second kappa shape index (κ2) is 10.3. The molecule has 0 saturated carbocycles. The van der Waals surface area contributed by atoms with E-state index in [4.69, 9.17) is 0 Å². The molecule has 0 aliphatic rings. The molecule has 0 saturated heterocycles. The molecule has 0 unspecified atom stereocenters. The predicted octanol–water partition coefficient (Wildman–Crippen LogP) is 6.02. The second-order valence-electron chi connectivity index (χ2n) is 7.54. The number of hydrogen-bond donors (Lipinski definition) is 0. The first kappa shape index (κ1) is 20.4. The lowest BCUT2D eigenvalue weighted by molar-refractivity contribution is 0.363. The average molecular weight is 364 g/mol. The van der Waals surface area contributed by atoms with Crippen molar-refractivity contribution in [2.45, 2.75) is 38.0 Å². The fourth-order valence-electron chi connectivity index (χ4n) is 2.40. The quantitative estimate of drug-likeness (QED) is 0.437. The van der Waals surface area contributed by atoms with Crippen molar-refractivity contribution in [3.05, 3.63) is 77.9 Å². The lowest BCUT2D eigenvalue weighted by Gasteiger charge is -2.15. The van der Waals surface area contributed by atoms with E-state index in [2.05, 4.69) is 105 Å². The third kappa shape index (κ3) is 8.43. The van der Waals surface area contributed by atoms with Crippen LogP contribution in [0.5, 0.6) is 0 Å². The Morgan fingerprint density at radius 3 is 2.46 bits per heavy atom. The van der Waals surface area contributed by atoms with E-state index in [0.717, 1.165) is 18.8 Å². The van der Waals surface area contributed by atoms with E-state index in [1.807, 2.05) is 17.8 Å². The predicted molar refractivity (Wildman–Crippen MR) is 115 cm³/mol. The molecule has 0 N–H and O–H groups in total. The highest BCUT2D eigenvalue weighted by atomic mass is 32.2. The number of nitrogens with zero attached hydrogens (tertiary/aromatic N) is 1. The molecule has 0 spiro atoms. The molecule has 2 aromatic carbocycles. The number of benzene rings is 2. The van der Waals surface area contributed by atoms with Gasteiger partial charge in [-0.1, -0.05) is 60.4 Å². The van der Waals surface area contributed by atoms with Gasteiger partial charge in [-0.05, 0) is 57.2 Å². The van der Waals surface area contributed by atoms with Gasteiger partial charge in [0.05, 0.1) is 0 Å². The van der Waals surface area contributed by atoms with Crippen molar-refractivity contribution < 1.29 is 0 Å². The molecule has 136 valence electrons. The molecule has 0 amide bonds. The maximum absolute atomic E-state index is 3.22. The molecule has 0 bridgehead atoms. The Balaban J connectivity index is 1.83. The molecule has 0 atom stereocenters. The van der Waals surface area contributed by atoms with Gasteiger partial charge in [0.15, 0.2) is 0 Å². The summed E-state index contributed by atoms with van der Waals surface area (Å²) in [7, 11) is 2.14. The smallest absolute Gasteiger partial charge is 0.0234 e. The lowest BCUT2D eigenvalue weighted by Crippen LogP contribution is -2.17. The van der Waals surface area contributed by atoms with Crippen LogP contribution in [0.2, 0.25) is 0 Å². The van der Waals surface area contributed by atoms with Gasteiger partial charge in [0.1, 0.15) is 0 Å². The largest absolute Gasteiger partial charge is 0.298 e. The molecule has 0 heterocycles. The van der Waals surface area contributed by atoms with E-state index in [1.165, 1.54) is 16.0 Å². The molecule has 26 heavy (non-hydrogen) atoms. The van der Waals surface area contributed by atoms with Crippen molar-refractivity contribution in [2.75, 3.05) is 13.6 Å². The molecule has 0 radical (unpaired) electrons. The minimum Gasteiger partial charge on any atom is -0.298 e. The maximum atomic E-state index is 3.22. The number of allylic oxidation sites excluding steroid dienone is 1. The van der Waals surface area contributed by atoms with E-state index in [0.29, 0.717) is 0 Å². The number of likely N-dealkylation sites (N-methyl/N-ethyl adjacent to an activating group) is 1. The van der Waals surface area contributed by atoms with Crippen molar-refractivity contribution in [3.8, 4) is 11.8 Å². The van der Waals surface area contributed by atoms with Crippen molar-refractivity contribution >= 4 is 11.8 Å². The van der Waals surface area contributed by atoms with Gasteiger partial charge >= 0.3 is 0 Å². The Bertz CT molecular complexity index is 760. The summed E-state index contributed by atoms with van der Waals surface area (Å²) in [6.07, 6.45) is 4.10. The van der Waals surface area contributed by atoms with Gasteiger partial charge in [-0.15, -0.1) is 11.8 Å². The van der Waals surface area contributed by atoms with E-state index in [9.17, 15) is 0 Å². The molecule has 0 aromatic heterocycles. The van der Waals surface area contributed by atoms with Crippen molar-refractivity contribution in [1.82, 2.24) is 4.90 Å². The van der Waals surface area contributed by atoms with Gasteiger partial charge in [0.25, 0.3) is 0 Å². The van der Waals surface area contributed by atoms with Crippen LogP contribution in [0.25, 0.3) is 0 Å². The van der Waals surface area contributed by atoms with Crippen LogP contribution in [0.4, 0.5) is 0 Å². The molecule has 0 fully saturated rings. The third-order valence-corrected chi connectivity index (χ3v) is 4.73. The first-order valence-electron chi connectivity index (χ1n) is 9.04. The molecular formula is C24H29NS. The van der Waals surface area contributed by atoms with Gasteiger partial charge in [-0.3, -0.25) is 4.90 Å². The zero-order chi connectivity index (χ0) is 18.8. The Morgan fingerprint density at radius 1 is 1.00 bits per heavy atom. The standard InChI is InChI=1S/C24H29NS/c1-24(2,3)16-9-6-10-17-25(4)19-22-14-11-15-23(18-22)26-20-21-12-7-5-8-13-21/h5-8,10-15,18H,17,19-20H2,1-4H3/b10-6+. The maximum Gasteiger partial charge on any atom is 0.0234 e. The van der Waals surface area contributed by atoms with Gasteiger partial charge < -0.3 is 0 Å². The highest BCUT2D eigenvalue weighted by molar-refractivity contribution is 7.98. The molecule has 0 aliphatic carbocycles. The molecular weight excluding hydrogens is 334 g/mol. The Hall–Kier alpha value is -1.95. The van der Waals surface area contributed by atoms with Crippen LogP contribution < -0.4 is 0 Å². The highest BCUT2D eigenvalue weighted by Gasteiger charge is 2.03. The van der Waals surface area contributed by atoms with Crippen LogP contribution in [-0.2, 0) is 12.3 Å². The normalized spacial score (nSPS) is 11.6. The van der Waals surface area contributed by atoms with E-state index in [-0.39, 0.29) is 5.41 Å². The fraction of sp³-hybridized carbons (Fsp3) is 0.333. The minimum absolute atomic E-state index is 0.0636. The molecule has 2 heteroatoms. The first-order chi connectivity index (χ1) is 12.4. The monoisotopic (exact) mass is 363 g/mol. The van der Waals surface area contributed by atoms with Gasteiger partial charge in [0, 0.05) is 29.2 Å². The summed E-state index contributed by atoms with van der Waals surface area (Å²) in [5.41, 5.74) is 2.77. The fourth-order valence-corrected chi connectivity index (χ4v) is 3.34. The zero-order valence-electron chi connectivity index (χ0n) is 16.3. The summed E-state index contributed by atoms with van der Waals surface area (Å²) in [5, 5.41) is 0. The van der Waals surface area contributed by atoms with Crippen LogP contribution in [0, 0.1) is 17.3 Å². The topological polar surface area (TPSA) is 3.24 Å². The Morgan fingerprint density at radius 2 is 1.73 bits per heavy atom. The summed E-state index contributed by atoms with van der Waals surface area (Å²) in [6, 6.07) is 19.5. The van der Waals surface area contributed by atoms with Crippen molar-refractivity contribution in [1.29, 1.82) is 0 Å². The van der Waals surface area contributed by atoms with Gasteiger partial charge in [-0.2, -0.15) is 0 Å².